The van der Waals surface area contributed by atoms with Gasteiger partial charge >= 0.3 is 0 Å². The van der Waals surface area contributed by atoms with Crippen LogP contribution in [0.4, 0.5) is 0 Å². The number of rotatable bonds is 5. The zero-order valence-corrected chi connectivity index (χ0v) is 11.9. The molecule has 2 nitrogen and oxygen atoms in total. The minimum absolute atomic E-state index is 0.500. The van der Waals surface area contributed by atoms with Crippen molar-refractivity contribution in [2.24, 2.45) is 0 Å². The van der Waals surface area contributed by atoms with E-state index in [1.165, 1.54) is 30.5 Å². The minimum atomic E-state index is 0.500. The van der Waals surface area contributed by atoms with Crippen LogP contribution in [0.3, 0.4) is 0 Å². The Hall–Kier alpha value is -0.860. The zero-order valence-electron chi connectivity index (χ0n) is 11.9. The van der Waals surface area contributed by atoms with Crippen molar-refractivity contribution in [1.82, 2.24) is 10.2 Å². The molecular weight excluding hydrogens is 220 g/mol. The molecule has 1 aliphatic rings. The molecule has 1 aromatic carbocycles. The third-order valence-electron chi connectivity index (χ3n) is 4.16. The predicted molar refractivity (Wildman–Crippen MR) is 77.9 cm³/mol. The lowest BCUT2D eigenvalue weighted by molar-refractivity contribution is 0.290. The van der Waals surface area contributed by atoms with Crippen molar-refractivity contribution >= 4 is 0 Å². The van der Waals surface area contributed by atoms with Gasteiger partial charge in [-0.2, -0.15) is 0 Å². The highest BCUT2D eigenvalue weighted by molar-refractivity contribution is 5.24. The molecule has 1 N–H and O–H groups in total. The Morgan fingerprint density at radius 2 is 2.06 bits per heavy atom. The quantitative estimate of drug-likeness (QED) is 0.858. The zero-order chi connectivity index (χ0) is 13.0. The SMILES string of the molecule is CCC(NCC1CCCN1C)c1ccc(C)cc1. The van der Waals surface area contributed by atoms with Gasteiger partial charge in [0.15, 0.2) is 0 Å². The number of nitrogens with one attached hydrogen (secondary N) is 1. The summed E-state index contributed by atoms with van der Waals surface area (Å²) in [6.45, 7) is 6.78. The normalized spacial score (nSPS) is 22.3. The first-order valence-corrected chi connectivity index (χ1v) is 7.21. The van der Waals surface area contributed by atoms with Gasteiger partial charge in [-0.1, -0.05) is 36.8 Å². The number of hydrogen-bond donors (Lipinski definition) is 1. The smallest absolute Gasteiger partial charge is 0.0318 e. The van der Waals surface area contributed by atoms with Crippen LogP contribution in [0, 0.1) is 6.92 Å². The molecule has 1 aromatic rings. The lowest BCUT2D eigenvalue weighted by Gasteiger charge is -2.24. The van der Waals surface area contributed by atoms with E-state index in [4.69, 9.17) is 0 Å². The molecule has 100 valence electrons. The summed E-state index contributed by atoms with van der Waals surface area (Å²) >= 11 is 0. The summed E-state index contributed by atoms with van der Waals surface area (Å²) in [5.74, 6) is 0. The Kier molecular flexibility index (Phi) is 4.79. The first-order valence-electron chi connectivity index (χ1n) is 7.21. The molecule has 1 heterocycles. The Morgan fingerprint density at radius 1 is 1.33 bits per heavy atom. The minimum Gasteiger partial charge on any atom is -0.308 e. The molecule has 1 saturated heterocycles. The summed E-state index contributed by atoms with van der Waals surface area (Å²) in [6.07, 6.45) is 3.84. The topological polar surface area (TPSA) is 15.3 Å². The van der Waals surface area contributed by atoms with Crippen LogP contribution in [0.5, 0.6) is 0 Å². The fourth-order valence-electron chi connectivity index (χ4n) is 2.81. The van der Waals surface area contributed by atoms with Crippen LogP contribution in [0.15, 0.2) is 24.3 Å². The average Bonchev–Trinajstić information content (AvgIpc) is 2.78. The van der Waals surface area contributed by atoms with Crippen LogP contribution in [-0.4, -0.2) is 31.1 Å². The van der Waals surface area contributed by atoms with Crippen LogP contribution in [0.1, 0.15) is 43.4 Å². The molecule has 1 fully saturated rings. The number of likely N-dealkylation sites (N-methyl/N-ethyl adjacent to an activating group) is 1. The molecule has 0 spiro atoms. The van der Waals surface area contributed by atoms with E-state index in [1.54, 1.807) is 0 Å². The summed E-state index contributed by atoms with van der Waals surface area (Å²) in [6, 6.07) is 10.2. The Morgan fingerprint density at radius 3 is 2.61 bits per heavy atom. The molecule has 0 aliphatic carbocycles. The number of likely N-dealkylation sites (tertiary alicyclic amines) is 1. The maximum atomic E-state index is 3.74. The van der Waals surface area contributed by atoms with Gasteiger partial charge in [-0.3, -0.25) is 0 Å². The molecule has 0 radical (unpaired) electrons. The van der Waals surface area contributed by atoms with Gasteiger partial charge in [0.25, 0.3) is 0 Å². The van der Waals surface area contributed by atoms with Crippen LogP contribution in [-0.2, 0) is 0 Å². The van der Waals surface area contributed by atoms with Gasteiger partial charge in [0.2, 0.25) is 0 Å². The summed E-state index contributed by atoms with van der Waals surface area (Å²) in [7, 11) is 2.24. The van der Waals surface area contributed by atoms with Gasteiger partial charge in [-0.15, -0.1) is 0 Å². The standard InChI is InChI=1S/C16H26N2/c1-4-16(14-9-7-13(2)8-10-14)17-12-15-6-5-11-18(15)3/h7-10,15-17H,4-6,11-12H2,1-3H3. The van der Waals surface area contributed by atoms with Crippen molar-refractivity contribution in [2.75, 3.05) is 20.1 Å². The average molecular weight is 246 g/mol. The molecule has 2 atom stereocenters. The summed E-state index contributed by atoms with van der Waals surface area (Å²) in [4.78, 5) is 2.48. The first kappa shape index (κ1) is 13.6. The summed E-state index contributed by atoms with van der Waals surface area (Å²) < 4.78 is 0. The molecule has 2 rings (SSSR count). The van der Waals surface area contributed by atoms with Crippen LogP contribution < -0.4 is 5.32 Å². The van der Waals surface area contributed by atoms with E-state index in [0.717, 1.165) is 19.0 Å². The maximum absolute atomic E-state index is 3.74. The number of nitrogens with zero attached hydrogens (tertiary/aromatic N) is 1. The largest absolute Gasteiger partial charge is 0.308 e. The molecule has 0 aromatic heterocycles. The molecule has 0 amide bonds. The molecule has 18 heavy (non-hydrogen) atoms. The highest BCUT2D eigenvalue weighted by Gasteiger charge is 2.21. The van der Waals surface area contributed by atoms with E-state index in [9.17, 15) is 0 Å². The monoisotopic (exact) mass is 246 g/mol. The van der Waals surface area contributed by atoms with E-state index in [1.807, 2.05) is 0 Å². The van der Waals surface area contributed by atoms with Gasteiger partial charge in [-0.25, -0.2) is 0 Å². The van der Waals surface area contributed by atoms with Crippen molar-refractivity contribution in [2.45, 2.75) is 45.2 Å². The second kappa shape index (κ2) is 6.35. The van der Waals surface area contributed by atoms with E-state index < -0.39 is 0 Å². The van der Waals surface area contributed by atoms with E-state index in [0.29, 0.717) is 6.04 Å². The van der Waals surface area contributed by atoms with Gasteiger partial charge in [0.05, 0.1) is 0 Å². The van der Waals surface area contributed by atoms with Gasteiger partial charge in [0, 0.05) is 18.6 Å². The highest BCUT2D eigenvalue weighted by Crippen LogP contribution is 2.19. The number of aryl methyl sites for hydroxylation is 1. The third-order valence-corrected chi connectivity index (χ3v) is 4.16. The van der Waals surface area contributed by atoms with Gasteiger partial charge in [0.1, 0.15) is 0 Å². The summed E-state index contributed by atoms with van der Waals surface area (Å²) in [5, 5.41) is 3.74. The Bertz CT molecular complexity index is 358. The van der Waals surface area contributed by atoms with Crippen LogP contribution >= 0.6 is 0 Å². The second-order valence-electron chi connectivity index (χ2n) is 5.56. The first-order chi connectivity index (χ1) is 8.70. The fraction of sp³-hybridized carbons (Fsp3) is 0.625. The number of benzene rings is 1. The fourth-order valence-corrected chi connectivity index (χ4v) is 2.81. The van der Waals surface area contributed by atoms with Gasteiger partial charge < -0.3 is 10.2 Å². The highest BCUT2D eigenvalue weighted by atomic mass is 15.2. The van der Waals surface area contributed by atoms with Crippen molar-refractivity contribution in [1.29, 1.82) is 0 Å². The molecule has 1 aliphatic heterocycles. The van der Waals surface area contributed by atoms with E-state index in [2.05, 4.69) is 55.4 Å². The Balaban J connectivity index is 1.91. The van der Waals surface area contributed by atoms with Gasteiger partial charge in [-0.05, 0) is 45.3 Å². The molecule has 0 saturated carbocycles. The molecule has 0 bridgehead atoms. The predicted octanol–water partition coefficient (Wildman–Crippen LogP) is 3.13. The number of hydrogen-bond acceptors (Lipinski definition) is 2. The molecule has 2 heteroatoms. The summed E-state index contributed by atoms with van der Waals surface area (Å²) in [5.41, 5.74) is 2.76. The van der Waals surface area contributed by atoms with Crippen molar-refractivity contribution in [3.05, 3.63) is 35.4 Å². The lowest BCUT2D eigenvalue weighted by Crippen LogP contribution is -2.37. The van der Waals surface area contributed by atoms with Crippen molar-refractivity contribution < 1.29 is 0 Å². The molecule has 2 unspecified atom stereocenters. The van der Waals surface area contributed by atoms with Crippen LogP contribution in [0.25, 0.3) is 0 Å². The van der Waals surface area contributed by atoms with Crippen molar-refractivity contribution in [3.63, 3.8) is 0 Å². The van der Waals surface area contributed by atoms with E-state index in [-0.39, 0.29) is 0 Å². The third kappa shape index (κ3) is 3.33. The van der Waals surface area contributed by atoms with Crippen molar-refractivity contribution in [3.8, 4) is 0 Å². The molecular formula is C16H26N2. The lowest BCUT2D eigenvalue weighted by atomic mass is 10.0. The van der Waals surface area contributed by atoms with Crippen LogP contribution in [0.2, 0.25) is 0 Å². The maximum Gasteiger partial charge on any atom is 0.0318 e. The van der Waals surface area contributed by atoms with E-state index >= 15 is 0 Å². The second-order valence-corrected chi connectivity index (χ2v) is 5.56. The Labute approximate surface area is 111 Å².